The average Bonchev–Trinajstić information content (AvgIpc) is 1.69. The van der Waals surface area contributed by atoms with E-state index in [9.17, 15) is 47.0 Å². The maximum Gasteiger partial charge on any atom is 0.411 e. The predicted molar refractivity (Wildman–Crippen MR) is 346 cm³/mol. The highest BCUT2D eigenvalue weighted by molar-refractivity contribution is 9.08. The van der Waals surface area contributed by atoms with Crippen LogP contribution in [0, 0.1) is 17.5 Å². The van der Waals surface area contributed by atoms with Gasteiger partial charge < -0.3 is 44.0 Å². The van der Waals surface area contributed by atoms with E-state index in [0.29, 0.717) is 72.0 Å². The third kappa shape index (κ3) is 21.4. The summed E-state index contributed by atoms with van der Waals surface area (Å²) in [4.78, 5) is 78.7. The number of primary amides is 1. The van der Waals surface area contributed by atoms with Gasteiger partial charge in [-0.25, -0.2) is 37.1 Å². The number of carbonyl (C=O) groups is 6. The Kier molecular flexibility index (Phi) is 26.1. The largest absolute Gasteiger partial charge is 0.508 e. The Labute approximate surface area is 550 Å². The zero-order chi connectivity index (χ0) is 68.4. The summed E-state index contributed by atoms with van der Waals surface area (Å²) in [5.41, 5.74) is 7.70. The lowest BCUT2D eigenvalue weighted by Crippen LogP contribution is -2.46. The Balaban J connectivity index is 0.000000209. The molecule has 6 aromatic carbocycles. The van der Waals surface area contributed by atoms with Crippen LogP contribution in [0.4, 0.5) is 27.6 Å². The number of methoxy groups -OCH3 is 2. The number of hydrogen-bond acceptors (Lipinski definition) is 14. The maximum atomic E-state index is 13.8. The number of benzene rings is 6. The van der Waals surface area contributed by atoms with Crippen LogP contribution >= 0.6 is 15.9 Å². The zero-order valence-electron chi connectivity index (χ0n) is 54.4. The second-order valence-corrected chi connectivity index (χ2v) is 25.7. The van der Waals surface area contributed by atoms with Gasteiger partial charge in [-0.1, -0.05) is 107 Å². The van der Waals surface area contributed by atoms with Crippen molar-refractivity contribution in [1.29, 1.82) is 0 Å². The van der Waals surface area contributed by atoms with Crippen molar-refractivity contribution in [2.24, 2.45) is 5.73 Å². The minimum absolute atomic E-state index is 0.114. The van der Waals surface area contributed by atoms with E-state index in [1.807, 2.05) is 30.3 Å². The Morgan fingerprint density at radius 2 is 0.742 bits per heavy atom. The fourth-order valence-corrected chi connectivity index (χ4v) is 11.0. The van der Waals surface area contributed by atoms with E-state index in [1.54, 1.807) is 159 Å². The van der Waals surface area contributed by atoms with Crippen molar-refractivity contribution in [1.82, 2.24) is 14.7 Å². The van der Waals surface area contributed by atoms with Crippen LogP contribution in [0.25, 0.3) is 0 Å². The van der Waals surface area contributed by atoms with Gasteiger partial charge in [0, 0.05) is 16.5 Å². The average molecular weight is 1350 g/mol. The molecule has 3 aliphatic heterocycles. The van der Waals surface area contributed by atoms with Gasteiger partial charge in [-0.05, 0) is 178 Å². The third-order valence-electron chi connectivity index (χ3n) is 14.9. The molecule has 0 aromatic heterocycles. The zero-order valence-corrected chi connectivity index (χ0v) is 56.0. The first kappa shape index (κ1) is 73.3. The predicted octanol–water partition coefficient (Wildman–Crippen LogP) is 15.1. The third-order valence-corrected chi connectivity index (χ3v) is 15.5. The lowest BCUT2D eigenvalue weighted by molar-refractivity contribution is -0.146. The Morgan fingerprint density at radius 1 is 0.452 bits per heavy atom. The van der Waals surface area contributed by atoms with E-state index in [4.69, 9.17) is 38.9 Å². The Morgan fingerprint density at radius 3 is 1.02 bits per heavy atom. The van der Waals surface area contributed by atoms with Crippen LogP contribution in [0.2, 0.25) is 0 Å². The monoisotopic (exact) mass is 1350 g/mol. The smallest absolute Gasteiger partial charge is 0.411 e. The molecule has 0 saturated carbocycles. The Bertz CT molecular complexity index is 3470. The van der Waals surface area contributed by atoms with Crippen LogP contribution in [-0.2, 0) is 56.6 Å². The van der Waals surface area contributed by atoms with Crippen LogP contribution in [0.5, 0.6) is 17.2 Å². The SMILES string of the molecule is CC(C)(C)OC(=O)N1[C@@H](c2ccc(OCc3ccccc3F)cc2)CC[C@H]1C(N)=O.COC(=O)[C@@H]1CC[C@H](c2ccc(O)cc2)N1C(=O)OC(C)(C)C.COC(=O)[C@@H]1CC[C@H](c2ccc(OCc3ccccc3F)cc2)N1C(=O)OC(C)(C)C.Fc1ccccc1CBr. The summed E-state index contributed by atoms with van der Waals surface area (Å²) in [7, 11) is 2.62. The number of alkyl halides is 1. The molecule has 6 atom stereocenters. The molecule has 3 heterocycles. The first-order chi connectivity index (χ1) is 43.9. The molecule has 3 saturated heterocycles. The van der Waals surface area contributed by atoms with Crippen molar-refractivity contribution in [2.45, 2.75) is 172 Å². The van der Waals surface area contributed by atoms with Gasteiger partial charge in [-0.15, -0.1) is 0 Å². The van der Waals surface area contributed by atoms with Crippen molar-refractivity contribution < 1.29 is 80.2 Å². The highest BCUT2D eigenvalue weighted by atomic mass is 79.9. The van der Waals surface area contributed by atoms with Crippen molar-refractivity contribution in [2.75, 3.05) is 14.2 Å². The fraction of sp³-hybridized carbons (Fsp3) is 0.408. The molecule has 93 heavy (non-hydrogen) atoms. The van der Waals surface area contributed by atoms with E-state index in [-0.39, 0.29) is 54.5 Å². The lowest BCUT2D eigenvalue weighted by atomic mass is 10.0. The molecule has 0 bridgehead atoms. The molecular weight excluding hydrogens is 1270 g/mol. The summed E-state index contributed by atoms with van der Waals surface area (Å²) in [6.07, 6.45) is 1.66. The standard InChI is InChI=1S/C24H28FNO5.C23H27FN2O4.C17H23NO5.C7H6BrF/c1-24(2,3)31-23(28)26-20(13-14-21(26)22(27)29-4)16-9-11-18(12-10-16)30-15-17-7-5-6-8-19(17)25;1-23(2,3)30-22(28)26-19(12-13-20(26)21(25)27)15-8-10-17(11-9-15)29-14-16-6-4-5-7-18(16)24;1-17(2,3)23-16(21)18-13(9-10-14(18)15(20)22-4)11-5-7-12(19)8-6-11;8-5-6-3-1-2-4-7(6)9/h5-12,20-21H,13-15H2,1-4H3;4-11,19-20H,12-14H2,1-3H3,(H2,25,27);5-8,13-14,19H,9-10H2,1-4H3;1-4H,5H2/t20-,21+;19-,20+;13-,14+;/m111./s1. The maximum absolute atomic E-state index is 13.8. The van der Waals surface area contributed by atoms with E-state index < -0.39 is 71.1 Å². The van der Waals surface area contributed by atoms with Gasteiger partial charge >= 0.3 is 30.2 Å². The number of rotatable bonds is 13. The summed E-state index contributed by atoms with van der Waals surface area (Å²) in [6.45, 7) is 16.2. The number of phenols is 1. The van der Waals surface area contributed by atoms with Gasteiger partial charge in [0.25, 0.3) is 0 Å². The molecule has 0 aliphatic carbocycles. The molecule has 0 spiro atoms. The van der Waals surface area contributed by atoms with Gasteiger partial charge in [-0.2, -0.15) is 0 Å². The van der Waals surface area contributed by atoms with E-state index in [1.165, 1.54) is 47.1 Å². The first-order valence-electron chi connectivity index (χ1n) is 30.4. The van der Waals surface area contributed by atoms with Gasteiger partial charge in [-0.3, -0.25) is 19.5 Å². The van der Waals surface area contributed by atoms with Crippen LogP contribution in [-0.4, -0.2) is 105 Å². The number of likely N-dealkylation sites (tertiary alicyclic amines) is 3. The minimum Gasteiger partial charge on any atom is -0.508 e. The van der Waals surface area contributed by atoms with E-state index in [0.717, 1.165) is 16.7 Å². The second kappa shape index (κ2) is 33.2. The number of phenolic OH excluding ortho intramolecular Hbond substituents is 1. The number of esters is 2. The van der Waals surface area contributed by atoms with E-state index >= 15 is 0 Å². The summed E-state index contributed by atoms with van der Waals surface area (Å²) < 4.78 is 77.6. The number of nitrogens with zero attached hydrogens (tertiary/aromatic N) is 3. The first-order valence-corrected chi connectivity index (χ1v) is 31.5. The number of carbonyl (C=O) groups excluding carboxylic acids is 6. The van der Waals surface area contributed by atoms with Crippen molar-refractivity contribution >= 4 is 52.1 Å². The molecule has 3 N–H and O–H groups in total. The van der Waals surface area contributed by atoms with Crippen molar-refractivity contribution in [3.8, 4) is 17.2 Å². The quantitative estimate of drug-likeness (QED) is 0.0624. The summed E-state index contributed by atoms with van der Waals surface area (Å²) in [5, 5.41) is 10.0. The highest BCUT2D eigenvalue weighted by Gasteiger charge is 2.46. The number of nitrogens with two attached hydrogens (primary N) is 1. The molecule has 22 heteroatoms. The highest BCUT2D eigenvalue weighted by Crippen LogP contribution is 2.41. The molecule has 18 nitrogen and oxygen atoms in total. The molecule has 3 aliphatic rings. The Hall–Kier alpha value is -8.79. The molecule has 0 radical (unpaired) electrons. The van der Waals surface area contributed by atoms with Crippen LogP contribution < -0.4 is 15.2 Å². The lowest BCUT2D eigenvalue weighted by Gasteiger charge is -2.31. The second-order valence-electron chi connectivity index (χ2n) is 25.2. The van der Waals surface area contributed by atoms with Gasteiger partial charge in [0.15, 0.2) is 0 Å². The summed E-state index contributed by atoms with van der Waals surface area (Å²) in [6, 6.07) is 37.7. The molecular formula is C71H84BrF3N4O14. The molecule has 6 aromatic rings. The molecule has 9 rings (SSSR count). The van der Waals surface area contributed by atoms with Crippen molar-refractivity contribution in [3.05, 3.63) is 196 Å². The van der Waals surface area contributed by atoms with Crippen LogP contribution in [0.1, 0.15) is 152 Å². The van der Waals surface area contributed by atoms with Gasteiger partial charge in [0.05, 0.1) is 32.3 Å². The minimum atomic E-state index is -0.707. The topological polar surface area (TPSA) is 223 Å². The van der Waals surface area contributed by atoms with Crippen LogP contribution in [0.3, 0.4) is 0 Å². The number of amides is 4. The van der Waals surface area contributed by atoms with E-state index in [2.05, 4.69) is 15.9 Å². The molecule has 500 valence electrons. The fourth-order valence-electron chi connectivity index (χ4n) is 10.6. The molecule has 4 amide bonds. The summed E-state index contributed by atoms with van der Waals surface area (Å²) >= 11 is 3.17. The number of hydrogen-bond donors (Lipinski definition) is 2. The normalized spacial score (nSPS) is 18.4. The van der Waals surface area contributed by atoms with Gasteiger partial charge in [0.1, 0.15) is 82.8 Å². The summed E-state index contributed by atoms with van der Waals surface area (Å²) in [5.74, 6) is -0.913. The number of aromatic hydroxyl groups is 1. The van der Waals surface area contributed by atoms with Gasteiger partial charge in [0.2, 0.25) is 5.91 Å². The van der Waals surface area contributed by atoms with Crippen LogP contribution in [0.15, 0.2) is 146 Å². The molecule has 3 fully saturated rings. The number of halogens is 4. The number of ether oxygens (including phenoxy) is 7. The van der Waals surface area contributed by atoms with Crippen molar-refractivity contribution in [3.63, 3.8) is 0 Å². The molecule has 0 unspecified atom stereocenters.